The van der Waals surface area contributed by atoms with Gasteiger partial charge in [0.15, 0.2) is 0 Å². The molecule has 2 heterocycles. The number of nitrogens with two attached hydrogens (primary N) is 1. The quantitative estimate of drug-likeness (QED) is 0.903. The average molecular weight is 290 g/mol. The summed E-state index contributed by atoms with van der Waals surface area (Å²) >= 11 is 1.63. The van der Waals surface area contributed by atoms with Crippen molar-refractivity contribution in [3.8, 4) is 11.1 Å². The third-order valence-corrected chi connectivity index (χ3v) is 4.81. The minimum Gasteiger partial charge on any atom is -0.366 e. The molecule has 0 spiro atoms. The van der Waals surface area contributed by atoms with Crippen LogP contribution < -0.4 is 5.73 Å². The Morgan fingerprint density at radius 3 is 2.35 bits per heavy atom. The van der Waals surface area contributed by atoms with E-state index in [1.54, 1.807) is 11.3 Å². The molecule has 0 aliphatic heterocycles. The van der Waals surface area contributed by atoms with E-state index in [0.717, 1.165) is 22.5 Å². The molecule has 20 heavy (non-hydrogen) atoms. The van der Waals surface area contributed by atoms with Gasteiger partial charge in [-0.25, -0.2) is 0 Å². The molecule has 2 N–H and O–H groups in total. The summed E-state index contributed by atoms with van der Waals surface area (Å²) in [4.78, 5) is 11.9. The van der Waals surface area contributed by atoms with Crippen molar-refractivity contribution in [1.82, 2.24) is 4.57 Å². The molecule has 2 rings (SSSR count). The van der Waals surface area contributed by atoms with Crippen LogP contribution in [0.1, 0.15) is 48.6 Å². The van der Waals surface area contributed by atoms with Crippen LogP contribution in [0.5, 0.6) is 0 Å². The molecular formula is C16H22N2OS. The molecule has 0 saturated carbocycles. The smallest absolute Gasteiger partial charge is 0.251 e. The zero-order chi connectivity index (χ0) is 15.0. The van der Waals surface area contributed by atoms with Crippen LogP contribution in [0.2, 0.25) is 0 Å². The minimum absolute atomic E-state index is 0.334. The van der Waals surface area contributed by atoms with Gasteiger partial charge in [0, 0.05) is 23.0 Å². The van der Waals surface area contributed by atoms with Gasteiger partial charge in [-0.1, -0.05) is 13.8 Å². The van der Waals surface area contributed by atoms with Gasteiger partial charge in [0.1, 0.15) is 0 Å². The molecule has 2 aromatic heterocycles. The molecule has 0 bridgehead atoms. The van der Waals surface area contributed by atoms with E-state index in [1.165, 1.54) is 0 Å². The number of carbonyl (C=O) groups is 1. The molecule has 2 aromatic rings. The molecule has 108 valence electrons. The van der Waals surface area contributed by atoms with Crippen molar-refractivity contribution in [2.24, 2.45) is 11.7 Å². The summed E-state index contributed by atoms with van der Waals surface area (Å²) in [6.07, 6.45) is 0. The Kier molecular flexibility index (Phi) is 4.04. The van der Waals surface area contributed by atoms with Gasteiger partial charge in [-0.2, -0.15) is 11.3 Å². The van der Waals surface area contributed by atoms with Gasteiger partial charge >= 0.3 is 0 Å². The minimum atomic E-state index is -0.346. The van der Waals surface area contributed by atoms with Crippen LogP contribution in [0.15, 0.2) is 16.8 Å². The van der Waals surface area contributed by atoms with Crippen molar-refractivity contribution in [3.05, 3.63) is 33.8 Å². The van der Waals surface area contributed by atoms with Crippen LogP contribution in [-0.4, -0.2) is 10.5 Å². The maximum absolute atomic E-state index is 11.9. The van der Waals surface area contributed by atoms with Gasteiger partial charge in [0.25, 0.3) is 5.91 Å². The second-order valence-corrected chi connectivity index (χ2v) is 6.43. The van der Waals surface area contributed by atoms with Crippen molar-refractivity contribution in [1.29, 1.82) is 0 Å². The predicted octanol–water partition coefficient (Wildman–Crippen LogP) is 4.15. The number of thiophene rings is 1. The van der Waals surface area contributed by atoms with E-state index in [0.29, 0.717) is 17.5 Å². The summed E-state index contributed by atoms with van der Waals surface area (Å²) in [5.41, 5.74) is 10.5. The number of amides is 1. The topological polar surface area (TPSA) is 48.0 Å². The maximum atomic E-state index is 11.9. The standard InChI is InChI=1S/C16H22N2OS/c1-9(2)10(3)18-11(4)14(13-6-7-20-8-13)15(12(18)5)16(17)19/h6-10H,1-5H3,(H2,17,19). The molecule has 0 fully saturated rings. The summed E-state index contributed by atoms with van der Waals surface area (Å²) in [7, 11) is 0. The summed E-state index contributed by atoms with van der Waals surface area (Å²) in [5.74, 6) is 0.150. The van der Waals surface area contributed by atoms with E-state index in [9.17, 15) is 4.79 Å². The van der Waals surface area contributed by atoms with Gasteiger partial charge in [-0.05, 0) is 49.1 Å². The van der Waals surface area contributed by atoms with Crippen LogP contribution >= 0.6 is 11.3 Å². The number of primary amides is 1. The number of rotatable bonds is 4. The third-order valence-electron chi connectivity index (χ3n) is 4.12. The fourth-order valence-corrected chi connectivity index (χ4v) is 3.47. The Bertz CT molecular complexity index is 623. The van der Waals surface area contributed by atoms with Crippen LogP contribution in [0, 0.1) is 19.8 Å². The summed E-state index contributed by atoms with van der Waals surface area (Å²) in [5, 5.41) is 4.09. The van der Waals surface area contributed by atoms with Crippen molar-refractivity contribution < 1.29 is 4.79 Å². The molecule has 3 nitrogen and oxygen atoms in total. The normalized spacial score (nSPS) is 12.9. The summed E-state index contributed by atoms with van der Waals surface area (Å²) in [6.45, 7) is 10.6. The molecule has 1 amide bonds. The largest absolute Gasteiger partial charge is 0.366 e. The molecule has 0 aliphatic carbocycles. The molecule has 0 saturated heterocycles. The number of nitrogens with zero attached hydrogens (tertiary/aromatic N) is 1. The Morgan fingerprint density at radius 1 is 1.25 bits per heavy atom. The highest BCUT2D eigenvalue weighted by atomic mass is 32.1. The SMILES string of the molecule is Cc1c(C(N)=O)c(-c2ccsc2)c(C)n1C(C)C(C)C. The van der Waals surface area contributed by atoms with E-state index in [2.05, 4.69) is 37.6 Å². The number of hydrogen-bond donors (Lipinski definition) is 1. The molecular weight excluding hydrogens is 268 g/mol. The Balaban J connectivity index is 2.74. The van der Waals surface area contributed by atoms with Crippen LogP contribution in [0.3, 0.4) is 0 Å². The first-order valence-corrected chi connectivity index (χ1v) is 7.84. The predicted molar refractivity (Wildman–Crippen MR) is 85.3 cm³/mol. The van der Waals surface area contributed by atoms with E-state index >= 15 is 0 Å². The highest BCUT2D eigenvalue weighted by molar-refractivity contribution is 7.08. The van der Waals surface area contributed by atoms with Crippen molar-refractivity contribution in [2.45, 2.75) is 40.7 Å². The lowest BCUT2D eigenvalue weighted by molar-refractivity contribution is 0.1000. The Hall–Kier alpha value is -1.55. The number of hydrogen-bond acceptors (Lipinski definition) is 2. The van der Waals surface area contributed by atoms with Gasteiger partial charge < -0.3 is 10.3 Å². The van der Waals surface area contributed by atoms with Crippen LogP contribution in [-0.2, 0) is 0 Å². The first-order chi connectivity index (χ1) is 9.36. The number of carbonyl (C=O) groups excluding carboxylic acids is 1. The summed E-state index contributed by atoms with van der Waals surface area (Å²) in [6, 6.07) is 2.38. The molecule has 0 aromatic carbocycles. The van der Waals surface area contributed by atoms with E-state index in [1.807, 2.05) is 18.4 Å². The van der Waals surface area contributed by atoms with E-state index in [-0.39, 0.29) is 5.91 Å². The zero-order valence-electron chi connectivity index (χ0n) is 12.7. The van der Waals surface area contributed by atoms with Gasteiger partial charge in [-0.15, -0.1) is 0 Å². The highest BCUT2D eigenvalue weighted by Crippen LogP contribution is 2.36. The monoisotopic (exact) mass is 290 g/mol. The van der Waals surface area contributed by atoms with E-state index < -0.39 is 0 Å². The first-order valence-electron chi connectivity index (χ1n) is 6.90. The fourth-order valence-electron chi connectivity index (χ4n) is 2.82. The maximum Gasteiger partial charge on any atom is 0.251 e. The second-order valence-electron chi connectivity index (χ2n) is 5.65. The number of aromatic nitrogens is 1. The summed E-state index contributed by atoms with van der Waals surface area (Å²) < 4.78 is 2.25. The average Bonchev–Trinajstić information content (AvgIpc) is 2.94. The molecule has 1 unspecified atom stereocenters. The molecule has 4 heteroatoms. The van der Waals surface area contributed by atoms with Gasteiger partial charge in [-0.3, -0.25) is 4.79 Å². The van der Waals surface area contributed by atoms with Crippen LogP contribution in [0.25, 0.3) is 11.1 Å². The zero-order valence-corrected chi connectivity index (χ0v) is 13.5. The lowest BCUT2D eigenvalue weighted by atomic mass is 10.0. The second kappa shape index (κ2) is 5.44. The van der Waals surface area contributed by atoms with E-state index in [4.69, 9.17) is 5.73 Å². The fraction of sp³-hybridized carbons (Fsp3) is 0.438. The lowest BCUT2D eigenvalue weighted by Gasteiger charge is -2.22. The van der Waals surface area contributed by atoms with Gasteiger partial charge in [0.05, 0.1) is 5.56 Å². The molecule has 0 aliphatic rings. The third kappa shape index (κ3) is 2.29. The molecule has 1 atom stereocenters. The lowest BCUT2D eigenvalue weighted by Crippen LogP contribution is -2.16. The Labute approximate surface area is 124 Å². The van der Waals surface area contributed by atoms with Crippen molar-refractivity contribution in [3.63, 3.8) is 0 Å². The van der Waals surface area contributed by atoms with Crippen molar-refractivity contribution in [2.75, 3.05) is 0 Å². The van der Waals surface area contributed by atoms with Crippen molar-refractivity contribution >= 4 is 17.2 Å². The highest BCUT2D eigenvalue weighted by Gasteiger charge is 2.25. The Morgan fingerprint density at radius 2 is 1.90 bits per heavy atom. The van der Waals surface area contributed by atoms with Gasteiger partial charge in [0.2, 0.25) is 0 Å². The van der Waals surface area contributed by atoms with Crippen LogP contribution in [0.4, 0.5) is 0 Å². The first kappa shape index (κ1) is 14.9. The molecule has 0 radical (unpaired) electrons.